The second-order valence-corrected chi connectivity index (χ2v) is 9.84. The molecular weight excluding hydrogens is 563 g/mol. The van der Waals surface area contributed by atoms with Crippen LogP contribution in [-0.2, 0) is 35.3 Å². The van der Waals surface area contributed by atoms with E-state index in [4.69, 9.17) is 0 Å². The molecule has 0 bridgehead atoms. The van der Waals surface area contributed by atoms with E-state index in [1.54, 1.807) is 30.3 Å². The van der Waals surface area contributed by atoms with Crippen LogP contribution < -0.4 is 20.1 Å². The third-order valence-corrected chi connectivity index (χ3v) is 6.42. The molecule has 15 heteroatoms. The number of nitrogens with zero attached hydrogens (tertiary/aromatic N) is 5. The zero-order valence-electron chi connectivity index (χ0n) is 21.4. The number of hydrogen-bond acceptors (Lipinski definition) is 9. The third kappa shape index (κ3) is 9.79. The second kappa shape index (κ2) is 13.6. The number of unbranched alkanes of at least 4 members (excludes halogenated alkanes) is 1. The van der Waals surface area contributed by atoms with Gasteiger partial charge in [-0.05, 0) is 55.2 Å². The minimum absolute atomic E-state index is 0.0720. The number of benzene rings is 1. The zero-order valence-corrected chi connectivity index (χ0v) is 22.2. The number of amides is 2. The second-order valence-electron chi connectivity index (χ2n) is 8.78. The molecule has 0 fully saturated rings. The fourth-order valence-corrected chi connectivity index (χ4v) is 4.50. The van der Waals surface area contributed by atoms with Gasteiger partial charge in [-0.3, -0.25) is 9.59 Å². The van der Waals surface area contributed by atoms with Gasteiger partial charge in [-0.15, -0.1) is 28.5 Å². The Bertz CT molecular complexity index is 1480. The summed E-state index contributed by atoms with van der Waals surface area (Å²) in [6.45, 7) is 0. The summed E-state index contributed by atoms with van der Waals surface area (Å²) in [5, 5.41) is 34.2. The van der Waals surface area contributed by atoms with Gasteiger partial charge in [0.1, 0.15) is 17.2 Å². The van der Waals surface area contributed by atoms with Gasteiger partial charge < -0.3 is 20.6 Å². The minimum Gasteiger partial charge on any atom is -0.618 e. The lowest BCUT2D eigenvalue weighted by molar-refractivity contribution is -0.613. The normalized spacial score (nSPS) is 11.2. The predicted molar refractivity (Wildman–Crippen MR) is 142 cm³/mol. The SMILES string of the molecule is O=C(Cc1cccc(OC(F)(F)F)c1)Nc1ccc(CCCCc2nnc(NC(=O)Cc3cccc[n+]3[O-])s2)nn1. The van der Waals surface area contributed by atoms with Gasteiger partial charge in [0.05, 0.1) is 12.1 Å². The molecule has 0 saturated heterocycles. The summed E-state index contributed by atoms with van der Waals surface area (Å²) in [7, 11) is 0. The van der Waals surface area contributed by atoms with Crippen LogP contribution in [-0.4, -0.2) is 38.6 Å². The Kier molecular flexibility index (Phi) is 9.73. The maximum atomic E-state index is 12.4. The van der Waals surface area contributed by atoms with Crippen LogP contribution in [0.4, 0.5) is 24.1 Å². The van der Waals surface area contributed by atoms with Gasteiger partial charge in [0, 0.05) is 18.6 Å². The van der Waals surface area contributed by atoms with Crippen LogP contribution in [0, 0.1) is 5.21 Å². The van der Waals surface area contributed by atoms with Gasteiger partial charge in [0.15, 0.2) is 12.0 Å². The van der Waals surface area contributed by atoms with E-state index in [2.05, 4.69) is 35.8 Å². The van der Waals surface area contributed by atoms with Crippen LogP contribution in [0.2, 0.25) is 0 Å². The first-order chi connectivity index (χ1) is 19.6. The van der Waals surface area contributed by atoms with Crippen molar-refractivity contribution in [3.8, 4) is 5.75 Å². The molecule has 0 unspecified atom stereocenters. The highest BCUT2D eigenvalue weighted by Gasteiger charge is 2.31. The van der Waals surface area contributed by atoms with E-state index < -0.39 is 18.0 Å². The monoisotopic (exact) mass is 587 g/mol. The summed E-state index contributed by atoms with van der Waals surface area (Å²) in [6.07, 6.45) is -0.843. The first kappa shape index (κ1) is 29.3. The van der Waals surface area contributed by atoms with Crippen molar-refractivity contribution in [2.45, 2.75) is 44.9 Å². The molecule has 0 atom stereocenters. The summed E-state index contributed by atoms with van der Waals surface area (Å²) in [4.78, 5) is 24.5. The Morgan fingerprint density at radius 1 is 0.902 bits per heavy atom. The van der Waals surface area contributed by atoms with Crippen molar-refractivity contribution < 1.29 is 32.2 Å². The maximum Gasteiger partial charge on any atom is 0.573 e. The van der Waals surface area contributed by atoms with Crippen LogP contribution in [0.1, 0.15) is 34.8 Å². The van der Waals surface area contributed by atoms with Gasteiger partial charge >= 0.3 is 6.36 Å². The average Bonchev–Trinajstić information content (AvgIpc) is 3.35. The number of aromatic nitrogens is 5. The number of halogens is 3. The molecular formula is C26H24F3N7O4S. The number of ether oxygens (including phenoxy) is 1. The topological polar surface area (TPSA) is 146 Å². The number of nitrogens with one attached hydrogen (secondary N) is 2. The smallest absolute Gasteiger partial charge is 0.573 e. The van der Waals surface area contributed by atoms with Gasteiger partial charge in [0.25, 0.3) is 0 Å². The molecule has 1 aromatic carbocycles. The molecule has 0 aliphatic rings. The fourth-order valence-electron chi connectivity index (χ4n) is 3.70. The lowest BCUT2D eigenvalue weighted by Crippen LogP contribution is -2.33. The number of carbonyl (C=O) groups is 2. The van der Waals surface area contributed by atoms with E-state index in [1.165, 1.54) is 29.7 Å². The van der Waals surface area contributed by atoms with Gasteiger partial charge in [-0.25, -0.2) is 0 Å². The highest BCUT2D eigenvalue weighted by atomic mass is 32.1. The molecule has 0 radical (unpaired) electrons. The molecule has 0 spiro atoms. The van der Waals surface area contributed by atoms with Crippen molar-refractivity contribution in [1.29, 1.82) is 0 Å². The largest absolute Gasteiger partial charge is 0.618 e. The molecule has 11 nitrogen and oxygen atoms in total. The molecule has 3 heterocycles. The summed E-state index contributed by atoms with van der Waals surface area (Å²) in [6, 6.07) is 13.4. The Morgan fingerprint density at radius 2 is 1.71 bits per heavy atom. The molecule has 2 N–H and O–H groups in total. The van der Waals surface area contributed by atoms with E-state index >= 15 is 0 Å². The number of carbonyl (C=O) groups excluding carboxylic acids is 2. The molecule has 0 aliphatic carbocycles. The van der Waals surface area contributed by atoms with Crippen LogP contribution >= 0.6 is 11.3 Å². The number of alkyl halides is 3. The lowest BCUT2D eigenvalue weighted by Gasteiger charge is -2.10. The Hall–Kier alpha value is -4.66. The van der Waals surface area contributed by atoms with Crippen molar-refractivity contribution in [1.82, 2.24) is 20.4 Å². The molecule has 4 aromatic rings. The first-order valence-electron chi connectivity index (χ1n) is 12.4. The van der Waals surface area contributed by atoms with Crippen LogP contribution in [0.15, 0.2) is 60.8 Å². The van der Waals surface area contributed by atoms with Crippen molar-refractivity contribution in [3.63, 3.8) is 0 Å². The standard InChI is InChI=1S/C26H24F3N7O4S/c27-26(28,29)40-20-9-5-6-17(14-20)15-22(37)30-21-12-11-18(32-33-21)7-1-2-10-24-34-35-25(41-24)31-23(38)16-19-8-3-4-13-36(19)39/h3-6,8-9,11-14H,1-2,7,10,15-16H2,(H,30,33,37)(H,31,35,38). The predicted octanol–water partition coefficient (Wildman–Crippen LogP) is 3.79. The minimum atomic E-state index is -4.81. The highest BCUT2D eigenvalue weighted by Crippen LogP contribution is 2.23. The average molecular weight is 588 g/mol. The van der Waals surface area contributed by atoms with E-state index in [9.17, 15) is 28.0 Å². The van der Waals surface area contributed by atoms with Crippen molar-refractivity contribution in [2.75, 3.05) is 10.6 Å². The van der Waals surface area contributed by atoms with Gasteiger partial charge in [-0.2, -0.15) is 9.83 Å². The Balaban J connectivity index is 1.16. The number of anilines is 2. The summed E-state index contributed by atoms with van der Waals surface area (Å²) in [5.74, 6) is -0.991. The quantitative estimate of drug-likeness (QED) is 0.145. The Labute approximate surface area is 236 Å². The molecule has 0 aliphatic heterocycles. The Morgan fingerprint density at radius 3 is 2.46 bits per heavy atom. The lowest BCUT2D eigenvalue weighted by atomic mass is 10.1. The van der Waals surface area contributed by atoms with Crippen molar-refractivity contribution >= 4 is 34.1 Å². The fraction of sp³-hybridized carbons (Fsp3) is 0.269. The highest BCUT2D eigenvalue weighted by molar-refractivity contribution is 7.15. The molecule has 2 amide bonds. The van der Waals surface area contributed by atoms with E-state index in [1.807, 2.05) is 0 Å². The number of aryl methyl sites for hydroxylation is 2. The molecule has 0 saturated carbocycles. The first-order valence-corrected chi connectivity index (χ1v) is 13.2. The summed E-state index contributed by atoms with van der Waals surface area (Å²) < 4.78 is 41.7. The zero-order chi connectivity index (χ0) is 29.2. The molecule has 41 heavy (non-hydrogen) atoms. The maximum absolute atomic E-state index is 12.4. The van der Waals surface area contributed by atoms with Crippen molar-refractivity contribution in [2.24, 2.45) is 0 Å². The van der Waals surface area contributed by atoms with E-state index in [0.29, 0.717) is 34.0 Å². The number of hydrogen-bond donors (Lipinski definition) is 2. The summed E-state index contributed by atoms with van der Waals surface area (Å²) >= 11 is 1.27. The van der Waals surface area contributed by atoms with Crippen LogP contribution in [0.5, 0.6) is 5.75 Å². The van der Waals surface area contributed by atoms with E-state index in [0.717, 1.165) is 35.7 Å². The van der Waals surface area contributed by atoms with Gasteiger partial charge in [-0.1, -0.05) is 23.5 Å². The van der Waals surface area contributed by atoms with Crippen LogP contribution in [0.25, 0.3) is 0 Å². The van der Waals surface area contributed by atoms with Crippen LogP contribution in [0.3, 0.4) is 0 Å². The van der Waals surface area contributed by atoms with Crippen molar-refractivity contribution in [3.05, 3.63) is 88.0 Å². The summed E-state index contributed by atoms with van der Waals surface area (Å²) in [5.41, 5.74) is 1.40. The third-order valence-electron chi connectivity index (χ3n) is 5.52. The molecule has 4 rings (SSSR count). The number of pyridine rings is 1. The molecule has 3 aromatic heterocycles. The van der Waals surface area contributed by atoms with E-state index in [-0.39, 0.29) is 24.6 Å². The molecule has 214 valence electrons. The number of rotatable bonds is 12. The van der Waals surface area contributed by atoms with Gasteiger partial charge in [0.2, 0.25) is 22.6 Å².